The third kappa shape index (κ3) is 6.78. The zero-order valence-electron chi connectivity index (χ0n) is 24.4. The van der Waals surface area contributed by atoms with Crippen LogP contribution in [0.25, 0.3) is 0 Å². The topological polar surface area (TPSA) is 84.9 Å². The van der Waals surface area contributed by atoms with Crippen molar-refractivity contribution in [3.05, 3.63) is 106 Å². The van der Waals surface area contributed by atoms with Crippen LogP contribution in [-0.4, -0.2) is 50.6 Å². The van der Waals surface area contributed by atoms with Gasteiger partial charge in [0.25, 0.3) is 10.0 Å². The molecule has 2 aromatic carbocycles. The molecule has 0 amide bonds. The Morgan fingerprint density at radius 2 is 1.72 bits per heavy atom. The first-order chi connectivity index (χ1) is 20.7. The summed E-state index contributed by atoms with van der Waals surface area (Å²) in [7, 11) is -1.31. The molecule has 0 spiro atoms. The summed E-state index contributed by atoms with van der Waals surface area (Å²) >= 11 is 0. The number of nitrogens with zero attached hydrogens (tertiary/aromatic N) is 4. The van der Waals surface area contributed by atoms with Crippen molar-refractivity contribution >= 4 is 15.8 Å². The van der Waals surface area contributed by atoms with Crippen LogP contribution in [0.4, 0.5) is 14.6 Å². The van der Waals surface area contributed by atoms with Gasteiger partial charge in [0.15, 0.2) is 5.03 Å². The van der Waals surface area contributed by atoms with Crippen molar-refractivity contribution in [3.63, 3.8) is 0 Å². The van der Waals surface area contributed by atoms with Gasteiger partial charge in [-0.05, 0) is 97.9 Å². The molecule has 4 aromatic rings. The number of pyridine rings is 2. The molecule has 43 heavy (non-hydrogen) atoms. The van der Waals surface area contributed by atoms with Gasteiger partial charge in [-0.15, -0.1) is 0 Å². The van der Waals surface area contributed by atoms with Crippen LogP contribution in [0.5, 0.6) is 11.5 Å². The summed E-state index contributed by atoms with van der Waals surface area (Å²) in [6.45, 7) is 4.35. The molecule has 8 nitrogen and oxygen atoms in total. The lowest BCUT2D eigenvalue weighted by atomic mass is 9.97. The number of aryl methyl sites for hydroxylation is 2. The van der Waals surface area contributed by atoms with Crippen molar-refractivity contribution in [2.75, 3.05) is 31.6 Å². The average molecular weight is 609 g/mol. The van der Waals surface area contributed by atoms with Gasteiger partial charge >= 0.3 is 0 Å². The molecule has 0 unspecified atom stereocenters. The molecule has 226 valence electrons. The first kappa shape index (κ1) is 30.4. The van der Waals surface area contributed by atoms with Gasteiger partial charge < -0.3 is 9.47 Å². The monoisotopic (exact) mass is 608 g/mol. The first-order valence-corrected chi connectivity index (χ1v) is 15.4. The van der Waals surface area contributed by atoms with E-state index in [9.17, 15) is 17.2 Å². The Labute approximate surface area is 251 Å². The second kappa shape index (κ2) is 13.0. The maximum atomic E-state index is 14.8. The highest BCUT2D eigenvalue weighted by atomic mass is 32.2. The first-order valence-electron chi connectivity index (χ1n) is 14.0. The van der Waals surface area contributed by atoms with Crippen LogP contribution in [0.15, 0.2) is 71.9 Å². The Bertz CT molecular complexity index is 1710. The highest BCUT2D eigenvalue weighted by Crippen LogP contribution is 2.31. The van der Waals surface area contributed by atoms with E-state index < -0.39 is 16.0 Å². The molecule has 0 saturated carbocycles. The summed E-state index contributed by atoms with van der Waals surface area (Å²) < 4.78 is 68.8. The van der Waals surface area contributed by atoms with Crippen molar-refractivity contribution in [3.8, 4) is 11.5 Å². The van der Waals surface area contributed by atoms with Gasteiger partial charge in [0.05, 0.1) is 20.8 Å². The number of ether oxygens (including phenoxy) is 2. The fourth-order valence-electron chi connectivity index (χ4n) is 5.11. The second-order valence-electron chi connectivity index (χ2n) is 10.5. The lowest BCUT2D eigenvalue weighted by Crippen LogP contribution is -2.36. The minimum absolute atomic E-state index is 0.101. The molecule has 0 atom stereocenters. The quantitative estimate of drug-likeness (QED) is 0.197. The van der Waals surface area contributed by atoms with Gasteiger partial charge in [0.1, 0.15) is 23.1 Å². The third-order valence-corrected chi connectivity index (χ3v) is 9.36. The minimum atomic E-state index is -4.30. The van der Waals surface area contributed by atoms with E-state index in [-0.39, 0.29) is 23.2 Å². The summed E-state index contributed by atoms with van der Waals surface area (Å²) in [5.41, 5.74) is 3.66. The molecule has 0 radical (unpaired) electrons. The molecule has 5 rings (SSSR count). The van der Waals surface area contributed by atoms with Crippen molar-refractivity contribution in [1.82, 2.24) is 14.9 Å². The number of methoxy groups -OCH3 is 2. The van der Waals surface area contributed by atoms with Crippen molar-refractivity contribution < 1.29 is 26.7 Å². The largest absolute Gasteiger partial charge is 0.497 e. The normalized spacial score (nSPS) is 13.4. The fraction of sp³-hybridized carbons (Fsp3) is 0.312. The Morgan fingerprint density at radius 1 is 0.930 bits per heavy atom. The van der Waals surface area contributed by atoms with E-state index in [0.717, 1.165) is 41.0 Å². The molecule has 0 aliphatic carbocycles. The van der Waals surface area contributed by atoms with E-state index in [1.807, 2.05) is 6.07 Å². The molecule has 1 saturated heterocycles. The van der Waals surface area contributed by atoms with Crippen LogP contribution in [0, 0.1) is 18.7 Å². The lowest BCUT2D eigenvalue weighted by Gasteiger charge is -2.31. The van der Waals surface area contributed by atoms with Gasteiger partial charge in [-0.1, -0.05) is 18.2 Å². The SMILES string of the molecule is COc1ccc(CN(c2cccc(F)n2)S(=O)(=O)c2cc(C)c(CCc3c(F)cccc3CN3CCC3)cn2)c(OC)c1. The third-order valence-electron chi connectivity index (χ3n) is 7.72. The van der Waals surface area contributed by atoms with E-state index >= 15 is 0 Å². The maximum absolute atomic E-state index is 14.8. The van der Waals surface area contributed by atoms with E-state index in [1.54, 1.807) is 31.2 Å². The second-order valence-corrected chi connectivity index (χ2v) is 12.3. The highest BCUT2D eigenvalue weighted by molar-refractivity contribution is 7.92. The number of sulfonamides is 1. The van der Waals surface area contributed by atoms with Crippen LogP contribution >= 0.6 is 0 Å². The molecule has 0 N–H and O–H groups in total. The lowest BCUT2D eigenvalue weighted by molar-refractivity contribution is 0.172. The zero-order valence-corrected chi connectivity index (χ0v) is 25.2. The number of rotatable bonds is 12. The molecule has 3 heterocycles. The number of hydrogen-bond acceptors (Lipinski definition) is 7. The van der Waals surface area contributed by atoms with Gasteiger partial charge in [0.2, 0.25) is 5.95 Å². The van der Waals surface area contributed by atoms with Crippen LogP contribution in [0.3, 0.4) is 0 Å². The van der Waals surface area contributed by atoms with Gasteiger partial charge in [-0.25, -0.2) is 18.7 Å². The molecule has 0 bridgehead atoms. The summed E-state index contributed by atoms with van der Waals surface area (Å²) in [6.07, 6.45) is 3.63. The van der Waals surface area contributed by atoms with E-state index in [1.165, 1.54) is 44.7 Å². The standard InChI is InChI=1S/C32H34F2N4O4S/c1-22-17-32(35-19-23(22)12-14-27-24(7-4-8-28(27)33)20-37-15-6-16-37)43(39,40)38(31-10-5-9-30(34)36-31)21-25-11-13-26(41-2)18-29(25)42-3/h4-5,7-11,13,17-19H,6,12,14-16,20-21H2,1-3H3. The number of anilines is 1. The Kier molecular flexibility index (Phi) is 9.22. The minimum Gasteiger partial charge on any atom is -0.497 e. The van der Waals surface area contributed by atoms with Gasteiger partial charge in [-0.3, -0.25) is 4.90 Å². The number of halogens is 2. The van der Waals surface area contributed by atoms with Crippen molar-refractivity contribution in [1.29, 1.82) is 0 Å². The summed E-state index contributed by atoms with van der Waals surface area (Å²) in [6, 6.07) is 15.6. The number of likely N-dealkylation sites (tertiary alicyclic amines) is 1. The predicted octanol–water partition coefficient (Wildman–Crippen LogP) is 5.47. The van der Waals surface area contributed by atoms with E-state index in [4.69, 9.17) is 9.47 Å². The van der Waals surface area contributed by atoms with Crippen LogP contribution in [0.1, 0.15) is 34.2 Å². The maximum Gasteiger partial charge on any atom is 0.283 e. The number of benzene rings is 2. The smallest absolute Gasteiger partial charge is 0.283 e. The zero-order chi connectivity index (χ0) is 30.6. The predicted molar refractivity (Wildman–Crippen MR) is 160 cm³/mol. The molecular weight excluding hydrogens is 574 g/mol. The van der Waals surface area contributed by atoms with Crippen LogP contribution in [0.2, 0.25) is 0 Å². The Hall–Kier alpha value is -4.09. The number of aromatic nitrogens is 2. The molecular formula is C32H34F2N4O4S. The van der Waals surface area contributed by atoms with Crippen LogP contribution < -0.4 is 13.8 Å². The molecule has 11 heteroatoms. The van der Waals surface area contributed by atoms with E-state index in [0.29, 0.717) is 47.6 Å². The summed E-state index contributed by atoms with van der Waals surface area (Å²) in [5, 5.41) is -0.211. The Morgan fingerprint density at radius 3 is 2.40 bits per heavy atom. The molecule has 1 aliphatic heterocycles. The van der Waals surface area contributed by atoms with Crippen LogP contribution in [-0.2, 0) is 36.0 Å². The molecule has 1 fully saturated rings. The van der Waals surface area contributed by atoms with Crippen molar-refractivity contribution in [2.24, 2.45) is 0 Å². The molecule has 2 aromatic heterocycles. The van der Waals surface area contributed by atoms with E-state index in [2.05, 4.69) is 14.9 Å². The highest BCUT2D eigenvalue weighted by Gasteiger charge is 2.29. The summed E-state index contributed by atoms with van der Waals surface area (Å²) in [5.74, 6) is -0.224. The van der Waals surface area contributed by atoms with Crippen molar-refractivity contribution in [2.45, 2.75) is 44.3 Å². The van der Waals surface area contributed by atoms with Gasteiger partial charge in [-0.2, -0.15) is 12.8 Å². The molecule has 1 aliphatic rings. The summed E-state index contributed by atoms with van der Waals surface area (Å²) in [4.78, 5) is 10.4. The average Bonchev–Trinajstić information content (AvgIpc) is 2.97. The Balaban J connectivity index is 1.43. The fourth-order valence-corrected chi connectivity index (χ4v) is 6.50. The number of hydrogen-bond donors (Lipinski definition) is 0. The van der Waals surface area contributed by atoms with Gasteiger partial charge in [0, 0.05) is 24.4 Å².